The standard InChI is InChI=1S/C20H18ClN3O2S/c21-16-10-6-9-15(13-16)18-22-23-20(26-18)27-17(14-7-2-1-3-8-14)19(25)24-11-4-5-12-24/h1-3,6-10,13,17H,4-5,11-12H2/t17-/m0/s1. The molecule has 0 aliphatic carbocycles. The third-order valence-electron chi connectivity index (χ3n) is 4.44. The van der Waals surface area contributed by atoms with E-state index in [1.165, 1.54) is 11.8 Å². The maximum Gasteiger partial charge on any atom is 0.277 e. The first-order valence-corrected chi connectivity index (χ1v) is 10.1. The van der Waals surface area contributed by atoms with Gasteiger partial charge in [-0.2, -0.15) is 0 Å². The second-order valence-corrected chi connectivity index (χ2v) is 7.82. The molecule has 138 valence electrons. The van der Waals surface area contributed by atoms with E-state index in [9.17, 15) is 4.79 Å². The largest absolute Gasteiger partial charge is 0.411 e. The van der Waals surface area contributed by atoms with Crippen LogP contribution in [-0.2, 0) is 4.79 Å². The Morgan fingerprint density at radius 3 is 2.59 bits per heavy atom. The molecule has 2 aromatic carbocycles. The Balaban J connectivity index is 1.59. The number of benzene rings is 2. The van der Waals surface area contributed by atoms with Crippen LogP contribution >= 0.6 is 23.4 Å². The van der Waals surface area contributed by atoms with Crippen LogP contribution in [0.2, 0.25) is 5.02 Å². The van der Waals surface area contributed by atoms with E-state index in [0.29, 0.717) is 16.1 Å². The number of aromatic nitrogens is 2. The number of thioether (sulfide) groups is 1. The van der Waals surface area contributed by atoms with Crippen LogP contribution in [0.1, 0.15) is 23.7 Å². The van der Waals surface area contributed by atoms with E-state index in [0.717, 1.165) is 37.1 Å². The summed E-state index contributed by atoms with van der Waals surface area (Å²) < 4.78 is 5.80. The number of likely N-dealkylation sites (tertiary alicyclic amines) is 1. The zero-order valence-corrected chi connectivity index (χ0v) is 16.1. The average Bonchev–Trinajstić information content (AvgIpc) is 3.38. The molecule has 1 atom stereocenters. The molecule has 0 spiro atoms. The minimum Gasteiger partial charge on any atom is -0.411 e. The van der Waals surface area contributed by atoms with E-state index < -0.39 is 5.25 Å². The van der Waals surface area contributed by atoms with Crippen LogP contribution in [0.4, 0.5) is 0 Å². The lowest BCUT2D eigenvalue weighted by Gasteiger charge is -2.22. The molecule has 1 fully saturated rings. The minimum atomic E-state index is -0.406. The van der Waals surface area contributed by atoms with Crippen molar-refractivity contribution in [3.63, 3.8) is 0 Å². The molecule has 1 aliphatic heterocycles. The smallest absolute Gasteiger partial charge is 0.277 e. The molecule has 0 bridgehead atoms. The summed E-state index contributed by atoms with van der Waals surface area (Å²) in [6.07, 6.45) is 2.11. The molecule has 1 amide bonds. The molecule has 0 radical (unpaired) electrons. The van der Waals surface area contributed by atoms with Gasteiger partial charge in [-0.15, -0.1) is 10.2 Å². The molecule has 0 unspecified atom stereocenters. The minimum absolute atomic E-state index is 0.0891. The molecule has 0 N–H and O–H groups in total. The summed E-state index contributed by atoms with van der Waals surface area (Å²) in [5, 5.41) is 8.80. The van der Waals surface area contributed by atoms with Gasteiger partial charge in [0.15, 0.2) is 0 Å². The van der Waals surface area contributed by atoms with E-state index in [4.69, 9.17) is 16.0 Å². The van der Waals surface area contributed by atoms with E-state index in [2.05, 4.69) is 10.2 Å². The summed E-state index contributed by atoms with van der Waals surface area (Å²) in [5.74, 6) is 0.478. The van der Waals surface area contributed by atoms with Crippen molar-refractivity contribution in [1.29, 1.82) is 0 Å². The van der Waals surface area contributed by atoms with Crippen LogP contribution in [0.5, 0.6) is 0 Å². The predicted molar refractivity (Wildman–Crippen MR) is 106 cm³/mol. The van der Waals surface area contributed by atoms with Gasteiger partial charge in [0.2, 0.25) is 11.8 Å². The number of halogens is 1. The zero-order valence-electron chi connectivity index (χ0n) is 14.5. The summed E-state index contributed by atoms with van der Waals surface area (Å²) >= 11 is 7.33. The Labute approximate surface area is 166 Å². The molecule has 5 nitrogen and oxygen atoms in total. The average molecular weight is 400 g/mol. The van der Waals surface area contributed by atoms with Crippen molar-refractivity contribution < 1.29 is 9.21 Å². The Morgan fingerprint density at radius 2 is 1.85 bits per heavy atom. The van der Waals surface area contributed by atoms with Gasteiger partial charge in [-0.25, -0.2) is 0 Å². The fraction of sp³-hybridized carbons (Fsp3) is 0.250. The maximum absolute atomic E-state index is 13.1. The van der Waals surface area contributed by atoms with Gasteiger partial charge >= 0.3 is 0 Å². The second kappa shape index (κ2) is 8.15. The SMILES string of the molecule is O=C([C@@H](Sc1nnc(-c2cccc(Cl)c2)o1)c1ccccc1)N1CCCC1. The lowest BCUT2D eigenvalue weighted by Crippen LogP contribution is -2.31. The maximum atomic E-state index is 13.1. The number of carbonyl (C=O) groups excluding carboxylic acids is 1. The van der Waals surface area contributed by atoms with Gasteiger partial charge in [0, 0.05) is 23.7 Å². The van der Waals surface area contributed by atoms with Gasteiger partial charge in [-0.05, 0) is 48.4 Å². The molecular weight excluding hydrogens is 382 g/mol. The summed E-state index contributed by atoms with van der Waals surface area (Å²) in [6, 6.07) is 17.0. The molecule has 1 saturated heterocycles. The number of amides is 1. The number of carbonyl (C=O) groups is 1. The fourth-order valence-corrected chi connectivity index (χ4v) is 4.24. The summed E-state index contributed by atoms with van der Waals surface area (Å²) in [5.41, 5.74) is 1.69. The quantitative estimate of drug-likeness (QED) is 0.574. The van der Waals surface area contributed by atoms with Crippen molar-refractivity contribution in [2.75, 3.05) is 13.1 Å². The van der Waals surface area contributed by atoms with E-state index in [1.54, 1.807) is 12.1 Å². The zero-order chi connectivity index (χ0) is 18.6. The molecule has 1 aliphatic rings. The van der Waals surface area contributed by atoms with Gasteiger partial charge in [-0.3, -0.25) is 4.79 Å². The number of nitrogens with zero attached hydrogens (tertiary/aromatic N) is 3. The van der Waals surface area contributed by atoms with Gasteiger partial charge in [0.25, 0.3) is 5.22 Å². The number of rotatable bonds is 5. The molecule has 7 heteroatoms. The monoisotopic (exact) mass is 399 g/mol. The molecule has 3 aromatic rings. The highest BCUT2D eigenvalue weighted by Crippen LogP contribution is 2.37. The summed E-state index contributed by atoms with van der Waals surface area (Å²) in [4.78, 5) is 15.0. The van der Waals surface area contributed by atoms with Crippen molar-refractivity contribution in [2.45, 2.75) is 23.3 Å². The summed E-state index contributed by atoms with van der Waals surface area (Å²) in [7, 11) is 0. The van der Waals surface area contributed by atoms with Crippen molar-refractivity contribution in [3.05, 3.63) is 65.2 Å². The molecule has 4 rings (SSSR count). The molecular formula is C20H18ClN3O2S. The van der Waals surface area contributed by atoms with Crippen LogP contribution in [0, 0.1) is 0 Å². The van der Waals surface area contributed by atoms with Gasteiger partial charge in [0.05, 0.1) is 0 Å². The Bertz CT molecular complexity index is 926. The number of hydrogen-bond donors (Lipinski definition) is 0. The first-order chi connectivity index (χ1) is 13.2. The highest BCUT2D eigenvalue weighted by Gasteiger charge is 2.30. The Kier molecular flexibility index (Phi) is 5.45. The lowest BCUT2D eigenvalue weighted by atomic mass is 10.1. The van der Waals surface area contributed by atoms with Crippen LogP contribution in [-0.4, -0.2) is 34.1 Å². The van der Waals surface area contributed by atoms with E-state index in [1.807, 2.05) is 47.4 Å². The number of hydrogen-bond acceptors (Lipinski definition) is 5. The molecule has 0 saturated carbocycles. The van der Waals surface area contributed by atoms with Crippen molar-refractivity contribution in [3.8, 4) is 11.5 Å². The van der Waals surface area contributed by atoms with Gasteiger partial charge < -0.3 is 9.32 Å². The lowest BCUT2D eigenvalue weighted by molar-refractivity contribution is -0.129. The van der Waals surface area contributed by atoms with Crippen LogP contribution < -0.4 is 0 Å². The first kappa shape index (κ1) is 18.1. The normalized spacial score (nSPS) is 15.1. The van der Waals surface area contributed by atoms with Crippen LogP contribution in [0.15, 0.2) is 64.2 Å². The first-order valence-electron chi connectivity index (χ1n) is 8.80. The molecule has 2 heterocycles. The van der Waals surface area contributed by atoms with Crippen molar-refractivity contribution in [2.24, 2.45) is 0 Å². The van der Waals surface area contributed by atoms with Gasteiger partial charge in [0.1, 0.15) is 5.25 Å². The van der Waals surface area contributed by atoms with Crippen molar-refractivity contribution in [1.82, 2.24) is 15.1 Å². The van der Waals surface area contributed by atoms with Gasteiger partial charge in [-0.1, -0.05) is 48.0 Å². The second-order valence-electron chi connectivity index (χ2n) is 6.32. The third-order valence-corrected chi connectivity index (χ3v) is 5.75. The predicted octanol–water partition coefficient (Wildman–Crippen LogP) is 4.85. The molecule has 27 heavy (non-hydrogen) atoms. The summed E-state index contributed by atoms with van der Waals surface area (Å²) in [6.45, 7) is 1.61. The highest BCUT2D eigenvalue weighted by atomic mass is 35.5. The topological polar surface area (TPSA) is 59.2 Å². The Hall–Kier alpha value is -2.31. The fourth-order valence-electron chi connectivity index (χ4n) is 3.09. The highest BCUT2D eigenvalue weighted by molar-refractivity contribution is 8.00. The van der Waals surface area contributed by atoms with Crippen molar-refractivity contribution >= 4 is 29.3 Å². The van der Waals surface area contributed by atoms with E-state index >= 15 is 0 Å². The molecule has 1 aromatic heterocycles. The van der Waals surface area contributed by atoms with Crippen LogP contribution in [0.3, 0.4) is 0 Å². The third kappa shape index (κ3) is 4.17. The Morgan fingerprint density at radius 1 is 1.07 bits per heavy atom. The van der Waals surface area contributed by atoms with E-state index in [-0.39, 0.29) is 5.91 Å². The van der Waals surface area contributed by atoms with Crippen LogP contribution in [0.25, 0.3) is 11.5 Å².